The van der Waals surface area contributed by atoms with Crippen LogP contribution < -0.4 is 11.1 Å². The normalized spacial score (nSPS) is 24.3. The van der Waals surface area contributed by atoms with E-state index in [9.17, 15) is 4.79 Å². The van der Waals surface area contributed by atoms with Crippen LogP contribution in [0, 0.1) is 5.92 Å². The number of hydrogen-bond acceptors (Lipinski definition) is 3. The monoisotopic (exact) mass is 202 g/mol. The number of carbonyl (C=O) groups is 1. The van der Waals surface area contributed by atoms with Crippen molar-refractivity contribution in [2.24, 2.45) is 11.7 Å². The van der Waals surface area contributed by atoms with E-state index < -0.39 is 0 Å². The van der Waals surface area contributed by atoms with Crippen LogP contribution in [0.1, 0.15) is 19.8 Å². The average molecular weight is 202 g/mol. The SMILES string of the molecule is CC(CN)C(=O)NCC1CCCS1. The summed E-state index contributed by atoms with van der Waals surface area (Å²) in [6.45, 7) is 3.11. The van der Waals surface area contributed by atoms with Crippen LogP contribution >= 0.6 is 11.8 Å². The van der Waals surface area contributed by atoms with Crippen LogP contribution in [0.3, 0.4) is 0 Å². The molecule has 1 amide bonds. The van der Waals surface area contributed by atoms with Crippen LogP contribution in [-0.4, -0.2) is 30.0 Å². The van der Waals surface area contributed by atoms with Gasteiger partial charge in [0.05, 0.1) is 0 Å². The maximum atomic E-state index is 11.3. The summed E-state index contributed by atoms with van der Waals surface area (Å²) in [6, 6.07) is 0. The third-order valence-electron chi connectivity index (χ3n) is 2.33. The van der Waals surface area contributed by atoms with Gasteiger partial charge in [-0.25, -0.2) is 0 Å². The van der Waals surface area contributed by atoms with Crippen molar-refractivity contribution in [3.63, 3.8) is 0 Å². The molecule has 0 spiro atoms. The number of rotatable bonds is 4. The van der Waals surface area contributed by atoms with Gasteiger partial charge in [-0.05, 0) is 18.6 Å². The average Bonchev–Trinajstić information content (AvgIpc) is 2.65. The highest BCUT2D eigenvalue weighted by Gasteiger charge is 2.17. The zero-order chi connectivity index (χ0) is 9.68. The highest BCUT2D eigenvalue weighted by Crippen LogP contribution is 2.25. The molecule has 76 valence electrons. The van der Waals surface area contributed by atoms with E-state index in [0.717, 1.165) is 6.54 Å². The lowest BCUT2D eigenvalue weighted by molar-refractivity contribution is -0.124. The van der Waals surface area contributed by atoms with Crippen LogP contribution in [0.25, 0.3) is 0 Å². The molecule has 1 aliphatic heterocycles. The lowest BCUT2D eigenvalue weighted by Gasteiger charge is -2.12. The molecule has 0 saturated carbocycles. The number of hydrogen-bond donors (Lipinski definition) is 2. The molecule has 2 atom stereocenters. The quantitative estimate of drug-likeness (QED) is 0.701. The van der Waals surface area contributed by atoms with Gasteiger partial charge in [-0.15, -0.1) is 0 Å². The van der Waals surface area contributed by atoms with Crippen molar-refractivity contribution >= 4 is 17.7 Å². The van der Waals surface area contributed by atoms with Crippen molar-refractivity contribution in [1.82, 2.24) is 5.32 Å². The predicted octanol–water partition coefficient (Wildman–Crippen LogP) is 0.593. The standard InChI is InChI=1S/C9H18N2OS/c1-7(5-10)9(12)11-6-8-3-2-4-13-8/h7-8H,2-6,10H2,1H3,(H,11,12). The van der Waals surface area contributed by atoms with E-state index in [-0.39, 0.29) is 11.8 Å². The number of nitrogens with two attached hydrogens (primary N) is 1. The lowest BCUT2D eigenvalue weighted by atomic mass is 10.1. The minimum absolute atomic E-state index is 0.0496. The summed E-state index contributed by atoms with van der Waals surface area (Å²) < 4.78 is 0. The molecule has 1 rings (SSSR count). The molecular formula is C9H18N2OS. The highest BCUT2D eigenvalue weighted by atomic mass is 32.2. The molecule has 13 heavy (non-hydrogen) atoms. The van der Waals surface area contributed by atoms with E-state index in [1.165, 1.54) is 18.6 Å². The maximum Gasteiger partial charge on any atom is 0.224 e. The van der Waals surface area contributed by atoms with E-state index >= 15 is 0 Å². The fraction of sp³-hybridized carbons (Fsp3) is 0.889. The minimum Gasteiger partial charge on any atom is -0.355 e. The van der Waals surface area contributed by atoms with Gasteiger partial charge in [-0.3, -0.25) is 4.79 Å². The van der Waals surface area contributed by atoms with Crippen molar-refractivity contribution in [1.29, 1.82) is 0 Å². The molecule has 0 aromatic carbocycles. The molecule has 2 unspecified atom stereocenters. The van der Waals surface area contributed by atoms with Gasteiger partial charge in [0.1, 0.15) is 0 Å². The van der Waals surface area contributed by atoms with E-state index in [0.29, 0.717) is 11.8 Å². The summed E-state index contributed by atoms with van der Waals surface area (Å²) in [4.78, 5) is 11.3. The number of nitrogens with one attached hydrogen (secondary N) is 1. The fourth-order valence-electron chi connectivity index (χ4n) is 1.30. The summed E-state index contributed by atoms with van der Waals surface area (Å²) in [5, 5.41) is 3.57. The Morgan fingerprint density at radius 3 is 3.08 bits per heavy atom. The van der Waals surface area contributed by atoms with Crippen molar-refractivity contribution in [2.45, 2.75) is 25.0 Å². The zero-order valence-electron chi connectivity index (χ0n) is 8.08. The first-order valence-corrected chi connectivity index (χ1v) is 5.88. The molecule has 1 aliphatic rings. The summed E-state index contributed by atoms with van der Waals surface area (Å²) >= 11 is 1.96. The molecule has 3 N–H and O–H groups in total. The molecule has 0 aromatic heterocycles. The molecule has 0 radical (unpaired) electrons. The maximum absolute atomic E-state index is 11.3. The molecule has 4 heteroatoms. The smallest absolute Gasteiger partial charge is 0.224 e. The molecule has 0 aliphatic carbocycles. The first kappa shape index (κ1) is 10.9. The van der Waals surface area contributed by atoms with E-state index in [1.807, 2.05) is 18.7 Å². The Kier molecular flexibility index (Phi) is 4.59. The second-order valence-corrected chi connectivity index (χ2v) is 4.93. The van der Waals surface area contributed by atoms with Gasteiger partial charge in [-0.2, -0.15) is 11.8 Å². The van der Waals surface area contributed by atoms with E-state index in [4.69, 9.17) is 5.73 Å². The van der Waals surface area contributed by atoms with Crippen LogP contribution in [0.5, 0.6) is 0 Å². The van der Waals surface area contributed by atoms with Gasteiger partial charge in [0, 0.05) is 24.3 Å². The van der Waals surface area contributed by atoms with Crippen molar-refractivity contribution in [2.75, 3.05) is 18.8 Å². The Morgan fingerprint density at radius 1 is 1.77 bits per heavy atom. The third-order valence-corrected chi connectivity index (χ3v) is 3.73. The van der Waals surface area contributed by atoms with Gasteiger partial charge in [-0.1, -0.05) is 6.92 Å². The van der Waals surface area contributed by atoms with Crippen LogP contribution in [0.4, 0.5) is 0 Å². The van der Waals surface area contributed by atoms with Crippen molar-refractivity contribution in [3.8, 4) is 0 Å². The van der Waals surface area contributed by atoms with Gasteiger partial charge in [0.15, 0.2) is 0 Å². The van der Waals surface area contributed by atoms with E-state index in [2.05, 4.69) is 5.32 Å². The Bertz CT molecular complexity index is 169. The number of amides is 1. The molecular weight excluding hydrogens is 184 g/mol. The minimum atomic E-state index is -0.0496. The van der Waals surface area contributed by atoms with Gasteiger partial charge in [0.2, 0.25) is 5.91 Å². The van der Waals surface area contributed by atoms with Gasteiger partial charge in [0.25, 0.3) is 0 Å². The molecule has 1 heterocycles. The molecule has 3 nitrogen and oxygen atoms in total. The first-order valence-electron chi connectivity index (χ1n) is 4.83. The molecule has 0 bridgehead atoms. The van der Waals surface area contributed by atoms with Crippen molar-refractivity contribution in [3.05, 3.63) is 0 Å². The second-order valence-electron chi connectivity index (χ2n) is 3.52. The number of carbonyl (C=O) groups excluding carboxylic acids is 1. The molecule has 1 saturated heterocycles. The Labute approximate surface area is 83.8 Å². The lowest BCUT2D eigenvalue weighted by Crippen LogP contribution is -2.36. The predicted molar refractivity (Wildman–Crippen MR) is 56.7 cm³/mol. The van der Waals surface area contributed by atoms with Crippen LogP contribution in [-0.2, 0) is 4.79 Å². The van der Waals surface area contributed by atoms with Crippen molar-refractivity contribution < 1.29 is 4.79 Å². The van der Waals surface area contributed by atoms with Gasteiger partial charge >= 0.3 is 0 Å². The summed E-state index contributed by atoms with van der Waals surface area (Å²) in [5.74, 6) is 1.29. The zero-order valence-corrected chi connectivity index (χ0v) is 8.90. The van der Waals surface area contributed by atoms with Crippen LogP contribution in [0.2, 0.25) is 0 Å². The van der Waals surface area contributed by atoms with Crippen LogP contribution in [0.15, 0.2) is 0 Å². The summed E-state index contributed by atoms with van der Waals surface area (Å²) in [7, 11) is 0. The Morgan fingerprint density at radius 2 is 2.54 bits per heavy atom. The first-order chi connectivity index (χ1) is 6.24. The fourth-order valence-corrected chi connectivity index (χ4v) is 2.50. The molecule has 1 fully saturated rings. The van der Waals surface area contributed by atoms with E-state index in [1.54, 1.807) is 0 Å². The Hall–Kier alpha value is -0.220. The second kappa shape index (κ2) is 5.50. The topological polar surface area (TPSA) is 55.1 Å². The Balaban J connectivity index is 2.13. The van der Waals surface area contributed by atoms with Gasteiger partial charge < -0.3 is 11.1 Å². The largest absolute Gasteiger partial charge is 0.355 e. The molecule has 0 aromatic rings. The summed E-state index contributed by atoms with van der Waals surface area (Å²) in [5.41, 5.74) is 5.39. The summed E-state index contributed by atoms with van der Waals surface area (Å²) in [6.07, 6.45) is 2.53. The third kappa shape index (κ3) is 3.56. The highest BCUT2D eigenvalue weighted by molar-refractivity contribution is 8.00. The number of thioether (sulfide) groups is 1.